The van der Waals surface area contributed by atoms with Crippen LogP contribution >= 0.6 is 0 Å². The highest BCUT2D eigenvalue weighted by Crippen LogP contribution is 2.15. The maximum Gasteiger partial charge on any atom is 0.271 e. The van der Waals surface area contributed by atoms with Crippen LogP contribution < -0.4 is 11.1 Å². The highest BCUT2D eigenvalue weighted by atomic mass is 16.2. The van der Waals surface area contributed by atoms with E-state index in [0.29, 0.717) is 11.4 Å². The fourth-order valence-electron chi connectivity index (χ4n) is 1.68. The van der Waals surface area contributed by atoms with Crippen molar-refractivity contribution < 1.29 is 4.79 Å². The van der Waals surface area contributed by atoms with E-state index in [1.165, 1.54) is 0 Å². The Balaban J connectivity index is 2.20. The molecule has 0 radical (unpaired) electrons. The van der Waals surface area contributed by atoms with Crippen LogP contribution in [0.1, 0.15) is 30.8 Å². The zero-order valence-corrected chi connectivity index (χ0v) is 11.1. The predicted molar refractivity (Wildman–Crippen MR) is 75.2 cm³/mol. The summed E-state index contributed by atoms with van der Waals surface area (Å²) in [6, 6.07) is 9.23. The maximum atomic E-state index is 11.9. The van der Waals surface area contributed by atoms with Crippen LogP contribution in [-0.2, 0) is 0 Å². The van der Waals surface area contributed by atoms with Gasteiger partial charge in [-0.2, -0.15) is 5.10 Å². The average molecular weight is 258 g/mol. The molecule has 0 aliphatic rings. The number of amides is 1. The van der Waals surface area contributed by atoms with Crippen molar-refractivity contribution in [3.63, 3.8) is 0 Å². The SMILES string of the molecule is CCC(C)NC(=O)c1ccn(-c2ccccc2N)n1. The first-order valence-corrected chi connectivity index (χ1v) is 6.33. The summed E-state index contributed by atoms with van der Waals surface area (Å²) in [5.41, 5.74) is 7.66. The lowest BCUT2D eigenvalue weighted by Gasteiger charge is -2.09. The number of aromatic nitrogens is 2. The summed E-state index contributed by atoms with van der Waals surface area (Å²) in [7, 11) is 0. The second-order valence-corrected chi connectivity index (χ2v) is 4.49. The molecular formula is C14H18N4O. The lowest BCUT2D eigenvalue weighted by atomic mass is 10.2. The number of nitrogens with two attached hydrogens (primary N) is 1. The van der Waals surface area contributed by atoms with Crippen LogP contribution in [0.2, 0.25) is 0 Å². The molecule has 1 aromatic carbocycles. The van der Waals surface area contributed by atoms with Gasteiger partial charge >= 0.3 is 0 Å². The van der Waals surface area contributed by atoms with Gasteiger partial charge in [-0.3, -0.25) is 4.79 Å². The Morgan fingerprint density at radius 2 is 2.16 bits per heavy atom. The largest absolute Gasteiger partial charge is 0.397 e. The number of benzene rings is 1. The molecule has 19 heavy (non-hydrogen) atoms. The summed E-state index contributed by atoms with van der Waals surface area (Å²) in [6.45, 7) is 3.98. The van der Waals surface area contributed by atoms with Crippen molar-refractivity contribution in [2.75, 3.05) is 5.73 Å². The highest BCUT2D eigenvalue weighted by Gasteiger charge is 2.12. The van der Waals surface area contributed by atoms with Crippen molar-refractivity contribution in [1.82, 2.24) is 15.1 Å². The lowest BCUT2D eigenvalue weighted by Crippen LogP contribution is -2.32. The molecule has 0 fully saturated rings. The molecule has 0 saturated heterocycles. The van der Waals surface area contributed by atoms with Crippen molar-refractivity contribution in [2.24, 2.45) is 0 Å². The Kier molecular flexibility index (Phi) is 3.85. The van der Waals surface area contributed by atoms with Crippen molar-refractivity contribution >= 4 is 11.6 Å². The molecule has 1 amide bonds. The third-order valence-corrected chi connectivity index (χ3v) is 3.00. The van der Waals surface area contributed by atoms with Gasteiger partial charge in [0.05, 0.1) is 11.4 Å². The van der Waals surface area contributed by atoms with E-state index in [-0.39, 0.29) is 11.9 Å². The number of rotatable bonds is 4. The van der Waals surface area contributed by atoms with Crippen LogP contribution in [0.4, 0.5) is 5.69 Å². The van der Waals surface area contributed by atoms with Crippen LogP contribution in [0.3, 0.4) is 0 Å². The third-order valence-electron chi connectivity index (χ3n) is 3.00. The monoisotopic (exact) mass is 258 g/mol. The minimum absolute atomic E-state index is 0.138. The van der Waals surface area contributed by atoms with E-state index in [1.807, 2.05) is 32.0 Å². The van der Waals surface area contributed by atoms with Crippen molar-refractivity contribution in [1.29, 1.82) is 0 Å². The van der Waals surface area contributed by atoms with E-state index in [1.54, 1.807) is 23.0 Å². The molecule has 0 aliphatic carbocycles. The number of carbonyl (C=O) groups is 1. The van der Waals surface area contributed by atoms with Gasteiger partial charge in [-0.15, -0.1) is 0 Å². The molecule has 1 heterocycles. The van der Waals surface area contributed by atoms with Gasteiger partial charge in [0, 0.05) is 12.2 Å². The number of para-hydroxylation sites is 2. The Hall–Kier alpha value is -2.30. The smallest absolute Gasteiger partial charge is 0.271 e. The molecule has 0 spiro atoms. The van der Waals surface area contributed by atoms with E-state index in [2.05, 4.69) is 10.4 Å². The topological polar surface area (TPSA) is 72.9 Å². The van der Waals surface area contributed by atoms with Gasteiger partial charge in [0.1, 0.15) is 0 Å². The van der Waals surface area contributed by atoms with Crippen LogP contribution in [0.25, 0.3) is 5.69 Å². The molecule has 3 N–H and O–H groups in total. The molecule has 2 rings (SSSR count). The molecule has 1 atom stereocenters. The van der Waals surface area contributed by atoms with Gasteiger partial charge in [0.25, 0.3) is 5.91 Å². The zero-order valence-electron chi connectivity index (χ0n) is 11.1. The Labute approximate surface area is 112 Å². The van der Waals surface area contributed by atoms with E-state index in [0.717, 1.165) is 12.1 Å². The molecule has 0 aliphatic heterocycles. The Morgan fingerprint density at radius 1 is 1.42 bits per heavy atom. The summed E-state index contributed by atoms with van der Waals surface area (Å²) in [6.07, 6.45) is 2.62. The standard InChI is InChI=1S/C14H18N4O/c1-3-10(2)16-14(19)12-8-9-18(17-12)13-7-5-4-6-11(13)15/h4-10H,3,15H2,1-2H3,(H,16,19). The van der Waals surface area contributed by atoms with Crippen molar-refractivity contribution in [3.8, 4) is 5.69 Å². The van der Waals surface area contributed by atoms with Crippen molar-refractivity contribution in [2.45, 2.75) is 26.3 Å². The number of hydrogen-bond donors (Lipinski definition) is 2. The summed E-state index contributed by atoms with van der Waals surface area (Å²) in [5, 5.41) is 7.13. The molecule has 1 unspecified atom stereocenters. The molecule has 0 bridgehead atoms. The molecule has 100 valence electrons. The van der Waals surface area contributed by atoms with Crippen LogP contribution in [-0.4, -0.2) is 21.7 Å². The molecule has 1 aromatic heterocycles. The van der Waals surface area contributed by atoms with E-state index in [4.69, 9.17) is 5.73 Å². The number of carbonyl (C=O) groups excluding carboxylic acids is 1. The van der Waals surface area contributed by atoms with E-state index < -0.39 is 0 Å². The van der Waals surface area contributed by atoms with Crippen LogP contribution in [0.15, 0.2) is 36.5 Å². The quantitative estimate of drug-likeness (QED) is 0.824. The number of anilines is 1. The minimum Gasteiger partial charge on any atom is -0.397 e. The van der Waals surface area contributed by atoms with Gasteiger partial charge in [-0.25, -0.2) is 4.68 Å². The third kappa shape index (κ3) is 2.93. The first kappa shape index (κ1) is 13.1. The second kappa shape index (κ2) is 5.56. The number of nitrogen functional groups attached to an aromatic ring is 1. The van der Waals surface area contributed by atoms with Crippen LogP contribution in [0, 0.1) is 0 Å². The van der Waals surface area contributed by atoms with Gasteiger partial charge in [-0.1, -0.05) is 19.1 Å². The highest BCUT2D eigenvalue weighted by molar-refractivity contribution is 5.92. The fraction of sp³-hybridized carbons (Fsp3) is 0.286. The summed E-state index contributed by atoms with van der Waals surface area (Å²) < 4.78 is 1.61. The Bertz CT molecular complexity index is 576. The number of hydrogen-bond acceptors (Lipinski definition) is 3. The number of nitrogens with one attached hydrogen (secondary N) is 1. The minimum atomic E-state index is -0.164. The summed E-state index contributed by atoms with van der Waals surface area (Å²) >= 11 is 0. The molecular weight excluding hydrogens is 240 g/mol. The zero-order chi connectivity index (χ0) is 13.8. The van der Waals surface area contributed by atoms with Gasteiger partial charge in [-0.05, 0) is 31.5 Å². The van der Waals surface area contributed by atoms with Gasteiger partial charge < -0.3 is 11.1 Å². The molecule has 5 nitrogen and oxygen atoms in total. The summed E-state index contributed by atoms with van der Waals surface area (Å²) in [4.78, 5) is 11.9. The first-order valence-electron chi connectivity index (χ1n) is 6.33. The fourth-order valence-corrected chi connectivity index (χ4v) is 1.68. The second-order valence-electron chi connectivity index (χ2n) is 4.49. The van der Waals surface area contributed by atoms with Crippen molar-refractivity contribution in [3.05, 3.63) is 42.2 Å². The maximum absolute atomic E-state index is 11.9. The van der Waals surface area contributed by atoms with Gasteiger partial charge in [0.2, 0.25) is 0 Å². The first-order chi connectivity index (χ1) is 9.11. The lowest BCUT2D eigenvalue weighted by molar-refractivity contribution is 0.0934. The molecule has 5 heteroatoms. The normalized spacial score (nSPS) is 12.1. The summed E-state index contributed by atoms with van der Waals surface area (Å²) in [5.74, 6) is -0.164. The Morgan fingerprint density at radius 3 is 2.84 bits per heavy atom. The van der Waals surface area contributed by atoms with E-state index in [9.17, 15) is 4.79 Å². The predicted octanol–water partition coefficient (Wildman–Crippen LogP) is 1.98. The molecule has 0 saturated carbocycles. The van der Waals surface area contributed by atoms with Gasteiger partial charge in [0.15, 0.2) is 5.69 Å². The average Bonchev–Trinajstić information content (AvgIpc) is 2.88. The van der Waals surface area contributed by atoms with Crippen LogP contribution in [0.5, 0.6) is 0 Å². The van der Waals surface area contributed by atoms with E-state index >= 15 is 0 Å². The molecule has 2 aromatic rings. The number of nitrogens with zero attached hydrogens (tertiary/aromatic N) is 2.